The Labute approximate surface area is 159 Å². The van der Waals surface area contributed by atoms with Crippen LogP contribution in [-0.2, 0) is 16.0 Å². The standard InChI is InChI=1S/C18H19N3O5S/c1-3-10-15(23)19-18(20-16(10)24)27-13-9-14(22)21(17(13)25)11-7-5-6-8-12(11)26-4-2/h5-8,13H,3-4,9H2,1-2H3,(H2,19,20,23,24)/t13-/m0/s1. The van der Waals surface area contributed by atoms with Crippen LogP contribution in [0.25, 0.3) is 0 Å². The SMILES string of the molecule is CCOc1ccccc1N1C(=O)C[C@H](Sc2nc(O)c(CC)c(=O)[nH]2)C1=O. The fraction of sp³-hybridized carbons (Fsp3) is 0.333. The molecule has 142 valence electrons. The number of imide groups is 1. The van der Waals surface area contributed by atoms with Crippen LogP contribution >= 0.6 is 11.8 Å². The Hall–Kier alpha value is -2.81. The Kier molecular flexibility index (Phi) is 5.50. The highest BCUT2D eigenvalue weighted by molar-refractivity contribution is 8.00. The maximum absolute atomic E-state index is 12.8. The van der Waals surface area contributed by atoms with Crippen LogP contribution in [0.1, 0.15) is 25.8 Å². The molecular formula is C18H19N3O5S. The molecule has 0 spiro atoms. The van der Waals surface area contributed by atoms with Gasteiger partial charge in [0.15, 0.2) is 5.16 Å². The first-order chi connectivity index (χ1) is 13.0. The molecule has 0 aliphatic carbocycles. The molecular weight excluding hydrogens is 370 g/mol. The molecule has 1 aliphatic rings. The Balaban J connectivity index is 1.86. The predicted molar refractivity (Wildman–Crippen MR) is 100 cm³/mol. The van der Waals surface area contributed by atoms with Gasteiger partial charge in [0.2, 0.25) is 17.7 Å². The summed E-state index contributed by atoms with van der Waals surface area (Å²) < 4.78 is 5.51. The normalized spacial score (nSPS) is 16.8. The zero-order chi connectivity index (χ0) is 19.6. The molecule has 1 aromatic heterocycles. The van der Waals surface area contributed by atoms with Crippen LogP contribution in [0.5, 0.6) is 11.6 Å². The molecule has 1 aliphatic heterocycles. The van der Waals surface area contributed by atoms with Crippen LogP contribution in [0, 0.1) is 0 Å². The van der Waals surface area contributed by atoms with Crippen molar-refractivity contribution < 1.29 is 19.4 Å². The third-order valence-corrected chi connectivity index (χ3v) is 5.16. The second-order valence-corrected chi connectivity index (χ2v) is 7.00. The summed E-state index contributed by atoms with van der Waals surface area (Å²) in [7, 11) is 0. The van der Waals surface area contributed by atoms with Gasteiger partial charge in [0.05, 0.1) is 17.9 Å². The number of benzene rings is 1. The molecule has 1 aromatic carbocycles. The number of hydrogen-bond donors (Lipinski definition) is 2. The van der Waals surface area contributed by atoms with Gasteiger partial charge >= 0.3 is 0 Å². The van der Waals surface area contributed by atoms with Gasteiger partial charge in [-0.2, -0.15) is 4.98 Å². The third-order valence-electron chi connectivity index (χ3n) is 4.09. The van der Waals surface area contributed by atoms with Crippen molar-refractivity contribution in [2.24, 2.45) is 0 Å². The second-order valence-electron chi connectivity index (χ2n) is 5.81. The third kappa shape index (κ3) is 3.68. The van der Waals surface area contributed by atoms with Crippen LogP contribution in [0.3, 0.4) is 0 Å². The number of aromatic amines is 1. The van der Waals surface area contributed by atoms with Crippen molar-refractivity contribution >= 4 is 29.3 Å². The van der Waals surface area contributed by atoms with E-state index in [1.54, 1.807) is 31.2 Å². The van der Waals surface area contributed by atoms with Crippen LogP contribution in [-0.4, -0.2) is 38.7 Å². The van der Waals surface area contributed by atoms with E-state index in [4.69, 9.17) is 4.74 Å². The van der Waals surface area contributed by atoms with Crippen LogP contribution in [0.15, 0.2) is 34.2 Å². The number of nitrogens with one attached hydrogen (secondary N) is 1. The van der Waals surface area contributed by atoms with Gasteiger partial charge in [0.1, 0.15) is 11.0 Å². The molecule has 3 rings (SSSR count). The second kappa shape index (κ2) is 7.83. The number of nitrogens with zero attached hydrogens (tertiary/aromatic N) is 2. The average Bonchev–Trinajstić information content (AvgIpc) is 2.89. The van der Waals surface area contributed by atoms with Crippen molar-refractivity contribution in [1.29, 1.82) is 0 Å². The van der Waals surface area contributed by atoms with E-state index in [0.717, 1.165) is 16.7 Å². The number of rotatable bonds is 6. The Morgan fingerprint density at radius 1 is 1.30 bits per heavy atom. The van der Waals surface area contributed by atoms with Gasteiger partial charge < -0.3 is 14.8 Å². The van der Waals surface area contributed by atoms with E-state index in [9.17, 15) is 19.5 Å². The molecule has 1 saturated heterocycles. The summed E-state index contributed by atoms with van der Waals surface area (Å²) >= 11 is 0.949. The number of anilines is 1. The summed E-state index contributed by atoms with van der Waals surface area (Å²) in [6.07, 6.45) is 0.298. The largest absolute Gasteiger partial charge is 0.493 e. The van der Waals surface area contributed by atoms with Crippen molar-refractivity contribution in [2.75, 3.05) is 11.5 Å². The highest BCUT2D eigenvalue weighted by Crippen LogP contribution is 2.36. The molecule has 2 aromatic rings. The topological polar surface area (TPSA) is 113 Å². The molecule has 9 heteroatoms. The monoisotopic (exact) mass is 389 g/mol. The predicted octanol–water partition coefficient (Wildman–Crippen LogP) is 1.86. The molecule has 1 atom stereocenters. The number of carbonyl (C=O) groups is 2. The average molecular weight is 389 g/mol. The summed E-state index contributed by atoms with van der Waals surface area (Å²) in [6.45, 7) is 3.95. The summed E-state index contributed by atoms with van der Waals surface area (Å²) in [6, 6.07) is 6.83. The summed E-state index contributed by atoms with van der Waals surface area (Å²) in [5.41, 5.74) is 0.117. The Morgan fingerprint density at radius 3 is 2.70 bits per heavy atom. The lowest BCUT2D eigenvalue weighted by atomic mass is 10.2. The summed E-state index contributed by atoms with van der Waals surface area (Å²) in [5.74, 6) is -0.692. The summed E-state index contributed by atoms with van der Waals surface area (Å²) in [4.78, 5) is 44.8. The van der Waals surface area contributed by atoms with Gasteiger partial charge in [-0.05, 0) is 25.5 Å². The van der Waals surface area contributed by atoms with Gasteiger partial charge in [-0.25, -0.2) is 4.90 Å². The van der Waals surface area contributed by atoms with Gasteiger partial charge in [-0.3, -0.25) is 14.4 Å². The molecule has 2 heterocycles. The first-order valence-corrected chi connectivity index (χ1v) is 9.41. The molecule has 1 fully saturated rings. The van der Waals surface area contributed by atoms with Crippen molar-refractivity contribution in [3.63, 3.8) is 0 Å². The number of thioether (sulfide) groups is 1. The Morgan fingerprint density at radius 2 is 2.04 bits per heavy atom. The fourth-order valence-electron chi connectivity index (χ4n) is 2.84. The van der Waals surface area contributed by atoms with E-state index >= 15 is 0 Å². The van der Waals surface area contributed by atoms with Crippen LogP contribution < -0.4 is 15.2 Å². The molecule has 27 heavy (non-hydrogen) atoms. The van der Waals surface area contributed by atoms with E-state index in [1.807, 2.05) is 6.92 Å². The minimum Gasteiger partial charge on any atom is -0.493 e. The van der Waals surface area contributed by atoms with E-state index in [2.05, 4.69) is 9.97 Å². The lowest BCUT2D eigenvalue weighted by Gasteiger charge is -2.18. The highest BCUT2D eigenvalue weighted by Gasteiger charge is 2.41. The van der Waals surface area contributed by atoms with Gasteiger partial charge in [0.25, 0.3) is 5.56 Å². The van der Waals surface area contributed by atoms with Gasteiger partial charge in [0, 0.05) is 6.42 Å². The quantitative estimate of drug-likeness (QED) is 0.573. The molecule has 0 saturated carbocycles. The smallest absolute Gasteiger partial charge is 0.258 e. The van der Waals surface area contributed by atoms with Gasteiger partial charge in [-0.1, -0.05) is 30.8 Å². The van der Waals surface area contributed by atoms with Crippen molar-refractivity contribution in [3.05, 3.63) is 40.2 Å². The first kappa shape index (κ1) is 19.0. The summed E-state index contributed by atoms with van der Waals surface area (Å²) in [5, 5.41) is 9.22. The lowest BCUT2D eigenvalue weighted by molar-refractivity contribution is -0.121. The van der Waals surface area contributed by atoms with Crippen molar-refractivity contribution in [2.45, 2.75) is 37.1 Å². The van der Waals surface area contributed by atoms with E-state index in [-0.39, 0.29) is 28.9 Å². The molecule has 2 N–H and O–H groups in total. The zero-order valence-corrected chi connectivity index (χ0v) is 15.7. The number of para-hydroxylation sites is 2. The Bertz CT molecular complexity index is 943. The molecule has 2 amide bonds. The number of ether oxygens (including phenoxy) is 1. The lowest BCUT2D eigenvalue weighted by Crippen LogP contribution is -2.31. The van der Waals surface area contributed by atoms with E-state index in [0.29, 0.717) is 24.5 Å². The fourth-order valence-corrected chi connectivity index (χ4v) is 3.84. The highest BCUT2D eigenvalue weighted by atomic mass is 32.2. The first-order valence-electron chi connectivity index (χ1n) is 8.53. The number of aromatic hydroxyl groups is 1. The minimum atomic E-state index is -0.748. The number of aromatic nitrogens is 2. The van der Waals surface area contributed by atoms with E-state index in [1.165, 1.54) is 0 Å². The number of carbonyl (C=O) groups excluding carboxylic acids is 2. The zero-order valence-electron chi connectivity index (χ0n) is 14.9. The van der Waals surface area contributed by atoms with E-state index < -0.39 is 16.7 Å². The number of hydrogen-bond acceptors (Lipinski definition) is 7. The van der Waals surface area contributed by atoms with Crippen molar-refractivity contribution in [1.82, 2.24) is 9.97 Å². The number of H-pyrrole nitrogens is 1. The van der Waals surface area contributed by atoms with Crippen LogP contribution in [0.4, 0.5) is 5.69 Å². The van der Waals surface area contributed by atoms with Crippen LogP contribution in [0.2, 0.25) is 0 Å². The van der Waals surface area contributed by atoms with Gasteiger partial charge in [-0.15, -0.1) is 0 Å². The minimum absolute atomic E-state index is 0.0377. The molecule has 0 radical (unpaired) electrons. The maximum Gasteiger partial charge on any atom is 0.258 e. The molecule has 0 bridgehead atoms. The number of amides is 2. The van der Waals surface area contributed by atoms with Crippen molar-refractivity contribution in [3.8, 4) is 11.6 Å². The molecule has 8 nitrogen and oxygen atoms in total. The molecule has 0 unspecified atom stereocenters. The maximum atomic E-state index is 12.8.